The van der Waals surface area contributed by atoms with Gasteiger partial charge in [0.15, 0.2) is 0 Å². The van der Waals surface area contributed by atoms with E-state index >= 15 is 4.79 Å². The molecule has 49 heavy (non-hydrogen) atoms. The number of carbonyl (C=O) groups excluding carboxylic acids is 1. The second-order valence-electron chi connectivity index (χ2n) is 11.3. The van der Waals surface area contributed by atoms with Crippen LogP contribution >= 0.6 is 0 Å². The van der Waals surface area contributed by atoms with Crippen LogP contribution in [-0.2, 0) is 20.2 Å². The van der Waals surface area contributed by atoms with Crippen LogP contribution in [-0.4, -0.2) is 81.9 Å². The van der Waals surface area contributed by atoms with Gasteiger partial charge < -0.3 is 29.1 Å². The summed E-state index contributed by atoms with van der Waals surface area (Å²) in [7, 11) is -2.02. The summed E-state index contributed by atoms with van der Waals surface area (Å²) < 4.78 is 47.0. The first-order chi connectivity index (χ1) is 23.6. The number of hydrogen-bond acceptors (Lipinski definition) is 10. The van der Waals surface area contributed by atoms with Gasteiger partial charge in [-0.3, -0.25) is 4.79 Å². The number of nitrogens with zero attached hydrogens (tertiary/aromatic N) is 5. The minimum atomic E-state index is -4.75. The molecule has 0 bridgehead atoms. The van der Waals surface area contributed by atoms with E-state index in [9.17, 15) is 23.6 Å². The zero-order chi connectivity index (χ0) is 34.9. The maximum Gasteiger partial charge on any atom is 0.407 e. The van der Waals surface area contributed by atoms with E-state index in [0.717, 1.165) is 4.90 Å². The summed E-state index contributed by atoms with van der Waals surface area (Å²) in [5, 5.41) is 20.7. The van der Waals surface area contributed by atoms with Crippen LogP contribution in [0.5, 0.6) is 17.2 Å². The van der Waals surface area contributed by atoms with Crippen molar-refractivity contribution in [3.8, 4) is 23.3 Å². The van der Waals surface area contributed by atoms with Gasteiger partial charge in [-0.2, -0.15) is 5.26 Å². The number of methoxy groups -OCH3 is 2. The highest BCUT2D eigenvalue weighted by Gasteiger charge is 2.64. The summed E-state index contributed by atoms with van der Waals surface area (Å²) in [6.07, 6.45) is 0.308. The van der Waals surface area contributed by atoms with Crippen LogP contribution < -0.4 is 23.4 Å². The fourth-order valence-corrected chi connectivity index (χ4v) is 8.39. The number of anilines is 2. The predicted octanol–water partition coefficient (Wildman–Crippen LogP) is 4.26. The first-order valence-corrected chi connectivity index (χ1v) is 16.8. The number of piperazine rings is 1. The normalized spacial score (nSPS) is 18.9. The molecule has 2 atom stereocenters. The molecule has 3 heterocycles. The lowest BCUT2D eigenvalue weighted by Gasteiger charge is -2.48. The SMILES string of the molecule is CCOc1ccccc1C1(C2CN(c3ccccn3)CCN2C(=O)O)C(=O)N(S(=O)(=O)c2ccc(OC)cc2OC)c2ccc(C#N)cc21. The average Bonchev–Trinajstić information content (AvgIpc) is 3.39. The third-order valence-corrected chi connectivity index (χ3v) is 10.6. The fraction of sp³-hybridized carbons (Fsp3) is 0.257. The molecule has 0 saturated carbocycles. The van der Waals surface area contributed by atoms with Crippen molar-refractivity contribution in [3.63, 3.8) is 0 Å². The van der Waals surface area contributed by atoms with E-state index in [4.69, 9.17) is 14.2 Å². The molecule has 1 saturated heterocycles. The molecule has 4 aromatic rings. The van der Waals surface area contributed by atoms with Crippen molar-refractivity contribution in [1.29, 1.82) is 5.26 Å². The van der Waals surface area contributed by atoms with Gasteiger partial charge in [-0.25, -0.2) is 22.5 Å². The highest BCUT2D eigenvalue weighted by Crippen LogP contribution is 2.55. The number of rotatable bonds is 9. The van der Waals surface area contributed by atoms with Crippen LogP contribution in [0.25, 0.3) is 0 Å². The van der Waals surface area contributed by atoms with E-state index in [1.807, 2.05) is 4.90 Å². The van der Waals surface area contributed by atoms with Gasteiger partial charge in [-0.15, -0.1) is 0 Å². The van der Waals surface area contributed by atoms with Crippen molar-refractivity contribution in [2.45, 2.75) is 23.3 Å². The van der Waals surface area contributed by atoms with Crippen LogP contribution in [0.4, 0.5) is 16.3 Å². The maximum atomic E-state index is 15.6. The Hall–Kier alpha value is -5.81. The van der Waals surface area contributed by atoms with Crippen LogP contribution in [0.1, 0.15) is 23.6 Å². The molecule has 3 aromatic carbocycles. The number of benzene rings is 3. The quantitative estimate of drug-likeness (QED) is 0.268. The summed E-state index contributed by atoms with van der Waals surface area (Å²) in [6, 6.07) is 21.2. The van der Waals surface area contributed by atoms with Crippen molar-refractivity contribution in [2.24, 2.45) is 0 Å². The minimum Gasteiger partial charge on any atom is -0.497 e. The number of amides is 2. The summed E-state index contributed by atoms with van der Waals surface area (Å²) >= 11 is 0. The van der Waals surface area contributed by atoms with Gasteiger partial charge in [0.1, 0.15) is 33.4 Å². The van der Waals surface area contributed by atoms with Crippen molar-refractivity contribution in [2.75, 3.05) is 49.7 Å². The monoisotopic (exact) mass is 683 g/mol. The standard InChI is InChI=1S/C35H33N5O8S/c1-4-48-28-10-6-5-9-25(28)35(31-22-38(17-18-39(31)34(42)43)32-11-7-8-16-37-32)26-19-23(21-36)12-14-27(26)40(33(35)41)49(44,45)30-15-13-24(46-2)20-29(30)47-3/h5-16,19-20,31H,4,17-18,22H2,1-3H3,(H,42,43). The molecule has 6 rings (SSSR count). The topological polar surface area (TPSA) is 163 Å². The molecule has 1 N–H and O–H groups in total. The van der Waals surface area contributed by atoms with E-state index in [1.165, 1.54) is 50.6 Å². The Morgan fingerprint density at radius 2 is 1.78 bits per heavy atom. The Morgan fingerprint density at radius 1 is 1.00 bits per heavy atom. The molecule has 1 fully saturated rings. The van der Waals surface area contributed by atoms with Gasteiger partial charge in [-0.05, 0) is 55.5 Å². The molecule has 2 amide bonds. The number of sulfonamides is 1. The molecule has 0 aliphatic carbocycles. The van der Waals surface area contributed by atoms with Gasteiger partial charge in [0.25, 0.3) is 15.9 Å². The third kappa shape index (κ3) is 5.32. The van der Waals surface area contributed by atoms with Gasteiger partial charge in [0, 0.05) is 43.0 Å². The third-order valence-electron chi connectivity index (χ3n) is 8.89. The number of carbonyl (C=O) groups is 2. The summed E-state index contributed by atoms with van der Waals surface area (Å²) in [5.74, 6) is 0.127. The molecule has 2 aliphatic heterocycles. The highest BCUT2D eigenvalue weighted by atomic mass is 32.2. The first-order valence-electron chi connectivity index (χ1n) is 15.4. The van der Waals surface area contributed by atoms with E-state index in [-0.39, 0.29) is 65.0 Å². The fourth-order valence-electron chi connectivity index (χ4n) is 6.78. The number of aromatic nitrogens is 1. The number of carboxylic acid groups (broad SMARTS) is 1. The van der Waals surface area contributed by atoms with Gasteiger partial charge >= 0.3 is 6.09 Å². The van der Waals surface area contributed by atoms with Crippen molar-refractivity contribution in [3.05, 3.63) is 102 Å². The summed E-state index contributed by atoms with van der Waals surface area (Å²) in [6.45, 7) is 2.14. The van der Waals surface area contributed by atoms with Crippen molar-refractivity contribution >= 4 is 33.5 Å². The summed E-state index contributed by atoms with van der Waals surface area (Å²) in [4.78, 5) is 35.8. The van der Waals surface area contributed by atoms with Crippen LogP contribution in [0.15, 0.2) is 90.0 Å². The van der Waals surface area contributed by atoms with Gasteiger partial charge in [-0.1, -0.05) is 24.3 Å². The smallest absolute Gasteiger partial charge is 0.407 e. The Labute approximate surface area is 283 Å². The average molecular weight is 684 g/mol. The van der Waals surface area contributed by atoms with Gasteiger partial charge in [0.05, 0.1) is 44.2 Å². The van der Waals surface area contributed by atoms with Crippen LogP contribution in [0.2, 0.25) is 0 Å². The van der Waals surface area contributed by atoms with Crippen LogP contribution in [0.3, 0.4) is 0 Å². The second kappa shape index (κ2) is 13.0. The highest BCUT2D eigenvalue weighted by molar-refractivity contribution is 7.93. The van der Waals surface area contributed by atoms with E-state index in [0.29, 0.717) is 15.9 Å². The number of nitriles is 1. The Bertz CT molecular complexity index is 2070. The lowest BCUT2D eigenvalue weighted by atomic mass is 9.68. The lowest BCUT2D eigenvalue weighted by molar-refractivity contribution is -0.122. The first kappa shape index (κ1) is 33.1. The molecule has 14 heteroatoms. The largest absolute Gasteiger partial charge is 0.497 e. The molecule has 13 nitrogen and oxygen atoms in total. The Balaban J connectivity index is 1.69. The number of ether oxygens (including phenoxy) is 3. The maximum absolute atomic E-state index is 15.6. The molecule has 252 valence electrons. The molecule has 2 unspecified atom stereocenters. The number of fused-ring (bicyclic) bond motifs is 1. The minimum absolute atomic E-state index is 0.0330. The number of hydrogen-bond donors (Lipinski definition) is 1. The predicted molar refractivity (Wildman–Crippen MR) is 179 cm³/mol. The molecule has 0 spiro atoms. The molecule has 2 aliphatic rings. The van der Waals surface area contributed by atoms with E-state index in [2.05, 4.69) is 11.1 Å². The molecule has 1 aromatic heterocycles. The van der Waals surface area contributed by atoms with E-state index in [1.54, 1.807) is 55.6 Å². The Kier molecular flexibility index (Phi) is 8.79. The molecular weight excluding hydrogens is 650 g/mol. The summed E-state index contributed by atoms with van der Waals surface area (Å²) in [5.41, 5.74) is -1.53. The molecular formula is C35H33N5O8S. The number of pyridine rings is 1. The zero-order valence-corrected chi connectivity index (χ0v) is 27.8. The van der Waals surface area contributed by atoms with Crippen LogP contribution in [0, 0.1) is 11.3 Å². The van der Waals surface area contributed by atoms with Crippen molar-refractivity contribution < 1.29 is 37.3 Å². The van der Waals surface area contributed by atoms with Crippen molar-refractivity contribution in [1.82, 2.24) is 9.88 Å². The van der Waals surface area contributed by atoms with Gasteiger partial charge in [0.2, 0.25) is 0 Å². The van der Waals surface area contributed by atoms with E-state index < -0.39 is 33.5 Å². The molecule has 0 radical (unpaired) electrons. The second-order valence-corrected chi connectivity index (χ2v) is 13.1. The Morgan fingerprint density at radius 3 is 2.45 bits per heavy atom. The zero-order valence-electron chi connectivity index (χ0n) is 26.9. The number of para-hydroxylation sites is 1. The lowest BCUT2D eigenvalue weighted by Crippen LogP contribution is -2.66.